The van der Waals surface area contributed by atoms with Gasteiger partial charge < -0.3 is 5.11 Å². The van der Waals surface area contributed by atoms with Crippen molar-refractivity contribution >= 4 is 16.0 Å². The quantitative estimate of drug-likeness (QED) is 0.881. The van der Waals surface area contributed by atoms with Crippen LogP contribution < -0.4 is 4.72 Å². The number of carbonyl (C=O) groups is 1. The second-order valence-corrected chi connectivity index (χ2v) is 5.42. The minimum Gasteiger partial charge on any atom is -0.480 e. The monoisotopic (exact) mass is 297 g/mol. The molecule has 0 radical (unpaired) electrons. The first-order chi connectivity index (χ1) is 8.54. The number of nitrogens with one attached hydrogen (secondary N) is 1. The van der Waals surface area contributed by atoms with Gasteiger partial charge in [0.15, 0.2) is 0 Å². The predicted octanol–water partition coefficient (Wildman–Crippen LogP) is 1.46. The van der Waals surface area contributed by atoms with E-state index in [1.54, 1.807) is 0 Å². The number of rotatable bonds is 4. The normalized spacial score (nSPS) is 14.1. The molecule has 0 aliphatic heterocycles. The van der Waals surface area contributed by atoms with E-state index < -0.39 is 38.7 Å². The Morgan fingerprint density at radius 3 is 2.11 bits per heavy atom. The number of hydrogen-bond acceptors (Lipinski definition) is 3. The summed E-state index contributed by atoms with van der Waals surface area (Å²) in [6, 6.07) is 1.37. The van der Waals surface area contributed by atoms with E-state index >= 15 is 0 Å². The first-order valence-electron chi connectivity index (χ1n) is 4.96. The number of alkyl halides is 3. The molecule has 0 spiro atoms. The maximum atomic E-state index is 12.3. The van der Waals surface area contributed by atoms with Gasteiger partial charge in [-0.2, -0.15) is 17.9 Å². The van der Waals surface area contributed by atoms with Gasteiger partial charge in [0.2, 0.25) is 10.0 Å². The van der Waals surface area contributed by atoms with E-state index in [1.165, 1.54) is 0 Å². The molecular weight excluding hydrogens is 287 g/mol. The van der Waals surface area contributed by atoms with Gasteiger partial charge in [-0.05, 0) is 31.2 Å². The summed E-state index contributed by atoms with van der Waals surface area (Å²) in [6.07, 6.45) is -4.57. The van der Waals surface area contributed by atoms with Crippen molar-refractivity contribution in [1.82, 2.24) is 4.72 Å². The summed E-state index contributed by atoms with van der Waals surface area (Å²) in [6.45, 7) is 1.10. The van der Waals surface area contributed by atoms with Crippen molar-refractivity contribution in [2.24, 2.45) is 0 Å². The lowest BCUT2D eigenvalue weighted by molar-refractivity contribution is -0.139. The summed E-state index contributed by atoms with van der Waals surface area (Å²) >= 11 is 0. The molecule has 0 heterocycles. The van der Waals surface area contributed by atoms with Gasteiger partial charge >= 0.3 is 12.1 Å². The summed E-state index contributed by atoms with van der Waals surface area (Å²) in [7, 11) is -4.16. The first kappa shape index (κ1) is 15.4. The van der Waals surface area contributed by atoms with Crippen molar-refractivity contribution in [3.8, 4) is 0 Å². The lowest BCUT2D eigenvalue weighted by atomic mass is 10.2. The third-order valence-corrected chi connectivity index (χ3v) is 3.75. The van der Waals surface area contributed by atoms with Crippen molar-refractivity contribution in [2.45, 2.75) is 24.0 Å². The number of sulfonamides is 1. The Labute approximate surface area is 107 Å². The number of carboxylic acid groups (broad SMARTS) is 1. The van der Waals surface area contributed by atoms with Gasteiger partial charge in [0, 0.05) is 0 Å². The molecule has 0 saturated heterocycles. The van der Waals surface area contributed by atoms with E-state index in [9.17, 15) is 26.4 Å². The highest BCUT2D eigenvalue weighted by Crippen LogP contribution is 2.29. The second-order valence-electron chi connectivity index (χ2n) is 3.70. The van der Waals surface area contributed by atoms with Crippen LogP contribution in [0.5, 0.6) is 0 Å². The van der Waals surface area contributed by atoms with Crippen LogP contribution in [0.4, 0.5) is 13.2 Å². The zero-order valence-electron chi connectivity index (χ0n) is 9.60. The van der Waals surface area contributed by atoms with Crippen molar-refractivity contribution < 1.29 is 31.5 Å². The molecule has 0 aliphatic carbocycles. The number of hydrogen-bond donors (Lipinski definition) is 2. The Morgan fingerprint density at radius 2 is 1.74 bits per heavy atom. The van der Waals surface area contributed by atoms with Crippen LogP contribution in [0.3, 0.4) is 0 Å². The van der Waals surface area contributed by atoms with Crippen molar-refractivity contribution in [1.29, 1.82) is 0 Å². The first-order valence-corrected chi connectivity index (χ1v) is 6.45. The van der Waals surface area contributed by atoms with Crippen LogP contribution >= 0.6 is 0 Å². The molecule has 1 aromatic rings. The fourth-order valence-electron chi connectivity index (χ4n) is 1.17. The zero-order valence-corrected chi connectivity index (χ0v) is 10.4. The van der Waals surface area contributed by atoms with Crippen molar-refractivity contribution in [3.05, 3.63) is 29.8 Å². The van der Waals surface area contributed by atoms with E-state index in [2.05, 4.69) is 0 Å². The van der Waals surface area contributed by atoms with E-state index in [0.717, 1.165) is 19.1 Å². The molecule has 0 amide bonds. The molecule has 0 unspecified atom stereocenters. The molecular formula is C10H10F3NO4S. The van der Waals surface area contributed by atoms with E-state index in [-0.39, 0.29) is 0 Å². The van der Waals surface area contributed by atoms with Crippen molar-refractivity contribution in [2.75, 3.05) is 0 Å². The van der Waals surface area contributed by atoms with Gasteiger partial charge in [-0.3, -0.25) is 4.79 Å². The van der Waals surface area contributed by atoms with Crippen LogP contribution in [-0.2, 0) is 21.0 Å². The second kappa shape index (κ2) is 5.17. The van der Waals surface area contributed by atoms with Crippen LogP contribution in [0, 0.1) is 0 Å². The number of benzene rings is 1. The standard InChI is InChI=1S/C10H10F3NO4S/c1-6(9(15)16)14-19(17,18)8-4-2-7(3-5-8)10(11,12)13/h2-6,14H,1H3,(H,15,16)/t6-/m0/s1. The molecule has 0 aromatic heterocycles. The molecule has 2 N–H and O–H groups in total. The molecule has 9 heteroatoms. The van der Waals surface area contributed by atoms with Crippen LogP contribution in [0.2, 0.25) is 0 Å². The Hall–Kier alpha value is -1.61. The lowest BCUT2D eigenvalue weighted by Crippen LogP contribution is -2.38. The maximum absolute atomic E-state index is 12.3. The summed E-state index contributed by atoms with van der Waals surface area (Å²) in [5.41, 5.74) is -0.988. The smallest absolute Gasteiger partial charge is 0.416 e. The number of aliphatic carboxylic acids is 1. The summed E-state index contributed by atoms with van der Waals surface area (Å²) < 4.78 is 62.0. The third-order valence-electron chi connectivity index (χ3n) is 2.19. The van der Waals surface area contributed by atoms with Crippen molar-refractivity contribution in [3.63, 3.8) is 0 Å². The highest BCUT2D eigenvalue weighted by Gasteiger charge is 2.31. The molecule has 19 heavy (non-hydrogen) atoms. The molecule has 0 bridgehead atoms. The Morgan fingerprint density at radius 1 is 1.26 bits per heavy atom. The molecule has 0 aliphatic rings. The lowest BCUT2D eigenvalue weighted by Gasteiger charge is -2.11. The fraction of sp³-hybridized carbons (Fsp3) is 0.300. The molecule has 0 fully saturated rings. The Balaban J connectivity index is 3.01. The molecule has 1 rings (SSSR count). The van der Waals surface area contributed by atoms with Crippen LogP contribution in [0.1, 0.15) is 12.5 Å². The topological polar surface area (TPSA) is 83.5 Å². The largest absolute Gasteiger partial charge is 0.480 e. The van der Waals surface area contributed by atoms with Gasteiger partial charge in [0.1, 0.15) is 6.04 Å². The third kappa shape index (κ3) is 3.93. The average Bonchev–Trinajstić information content (AvgIpc) is 2.27. The number of halogens is 3. The summed E-state index contributed by atoms with van der Waals surface area (Å²) in [4.78, 5) is 10.1. The van der Waals surface area contributed by atoms with Gasteiger partial charge in [-0.1, -0.05) is 0 Å². The SMILES string of the molecule is C[C@H](NS(=O)(=O)c1ccc(C(F)(F)F)cc1)C(=O)O. The van der Waals surface area contributed by atoms with E-state index in [1.807, 2.05) is 4.72 Å². The van der Waals surface area contributed by atoms with Crippen LogP contribution in [-0.4, -0.2) is 25.5 Å². The Bertz CT molecular complexity index is 565. The Kier molecular flexibility index (Phi) is 4.21. The highest BCUT2D eigenvalue weighted by molar-refractivity contribution is 7.89. The van der Waals surface area contributed by atoms with E-state index in [4.69, 9.17) is 5.11 Å². The zero-order chi connectivity index (χ0) is 14.8. The average molecular weight is 297 g/mol. The maximum Gasteiger partial charge on any atom is 0.416 e. The van der Waals surface area contributed by atoms with Gasteiger partial charge in [0.05, 0.1) is 10.5 Å². The molecule has 0 saturated carbocycles. The summed E-state index contributed by atoms with van der Waals surface area (Å²) in [5.74, 6) is -1.39. The van der Waals surface area contributed by atoms with Gasteiger partial charge in [-0.25, -0.2) is 8.42 Å². The van der Waals surface area contributed by atoms with Crippen LogP contribution in [0.25, 0.3) is 0 Å². The molecule has 1 atom stereocenters. The molecule has 106 valence electrons. The molecule has 1 aromatic carbocycles. The molecule has 5 nitrogen and oxygen atoms in total. The minimum atomic E-state index is -4.57. The summed E-state index contributed by atoms with van der Waals surface area (Å²) in [5, 5.41) is 8.57. The number of carboxylic acids is 1. The fourth-order valence-corrected chi connectivity index (χ4v) is 2.37. The van der Waals surface area contributed by atoms with E-state index in [0.29, 0.717) is 12.1 Å². The minimum absolute atomic E-state index is 0.436. The van der Waals surface area contributed by atoms with Gasteiger partial charge in [-0.15, -0.1) is 0 Å². The van der Waals surface area contributed by atoms with Crippen LogP contribution in [0.15, 0.2) is 29.2 Å². The van der Waals surface area contributed by atoms with Gasteiger partial charge in [0.25, 0.3) is 0 Å². The highest BCUT2D eigenvalue weighted by atomic mass is 32.2. The predicted molar refractivity (Wildman–Crippen MR) is 58.9 cm³/mol.